The summed E-state index contributed by atoms with van der Waals surface area (Å²) in [5.41, 5.74) is 1.36. The molecule has 17 heavy (non-hydrogen) atoms. The van der Waals surface area contributed by atoms with E-state index >= 15 is 0 Å². The number of hydrogen-bond donors (Lipinski definition) is 2. The van der Waals surface area contributed by atoms with Crippen molar-refractivity contribution in [1.29, 1.82) is 0 Å². The molecule has 0 saturated heterocycles. The lowest BCUT2D eigenvalue weighted by Gasteiger charge is -2.17. The van der Waals surface area contributed by atoms with E-state index in [1.807, 2.05) is 11.8 Å². The number of benzene rings is 1. The van der Waals surface area contributed by atoms with Crippen molar-refractivity contribution in [3.63, 3.8) is 0 Å². The first-order chi connectivity index (χ1) is 8.29. The molecule has 96 valence electrons. The van der Waals surface area contributed by atoms with Gasteiger partial charge in [-0.05, 0) is 37.9 Å². The van der Waals surface area contributed by atoms with Crippen molar-refractivity contribution >= 4 is 11.8 Å². The van der Waals surface area contributed by atoms with Crippen LogP contribution in [0.2, 0.25) is 0 Å². The largest absolute Gasteiger partial charge is 0.396 e. The Morgan fingerprint density at radius 1 is 1.35 bits per heavy atom. The van der Waals surface area contributed by atoms with Crippen molar-refractivity contribution in [2.45, 2.75) is 37.6 Å². The first kappa shape index (κ1) is 14.6. The number of rotatable bonds is 8. The summed E-state index contributed by atoms with van der Waals surface area (Å²) in [6.07, 6.45) is 2.01. The van der Waals surface area contributed by atoms with Crippen LogP contribution in [0.25, 0.3) is 0 Å². The van der Waals surface area contributed by atoms with Crippen molar-refractivity contribution in [2.24, 2.45) is 0 Å². The Labute approximate surface area is 109 Å². The smallest absolute Gasteiger partial charge is 0.0439 e. The van der Waals surface area contributed by atoms with Crippen molar-refractivity contribution in [2.75, 3.05) is 18.9 Å². The molecule has 1 unspecified atom stereocenters. The molecule has 0 saturated carbocycles. The minimum Gasteiger partial charge on any atom is -0.396 e. The second-order valence-corrected chi connectivity index (χ2v) is 5.28. The van der Waals surface area contributed by atoms with Crippen LogP contribution >= 0.6 is 11.8 Å². The first-order valence-electron chi connectivity index (χ1n) is 6.35. The van der Waals surface area contributed by atoms with Gasteiger partial charge in [0.25, 0.3) is 0 Å². The Morgan fingerprint density at radius 2 is 2.12 bits per heavy atom. The van der Waals surface area contributed by atoms with E-state index in [9.17, 15) is 0 Å². The summed E-state index contributed by atoms with van der Waals surface area (Å²) in [5, 5.41) is 12.3. The highest BCUT2D eigenvalue weighted by molar-refractivity contribution is 7.99. The predicted octanol–water partition coefficient (Wildman–Crippen LogP) is 3.22. The summed E-state index contributed by atoms with van der Waals surface area (Å²) >= 11 is 1.83. The average Bonchev–Trinajstić information content (AvgIpc) is 2.37. The predicted molar refractivity (Wildman–Crippen MR) is 75.6 cm³/mol. The topological polar surface area (TPSA) is 32.3 Å². The molecule has 0 aliphatic carbocycles. The van der Waals surface area contributed by atoms with Gasteiger partial charge in [0, 0.05) is 23.3 Å². The molecule has 0 aliphatic rings. The maximum Gasteiger partial charge on any atom is 0.0439 e. The first-order valence-corrected chi connectivity index (χ1v) is 7.34. The molecule has 2 nitrogen and oxygen atoms in total. The fourth-order valence-corrected chi connectivity index (χ4v) is 2.77. The van der Waals surface area contributed by atoms with Crippen LogP contribution in [0.5, 0.6) is 0 Å². The summed E-state index contributed by atoms with van der Waals surface area (Å²) in [5.74, 6) is 0.980. The van der Waals surface area contributed by atoms with Crippen LogP contribution in [0.1, 0.15) is 38.3 Å². The zero-order valence-corrected chi connectivity index (χ0v) is 11.6. The standard InChI is InChI=1S/C14H23NOS/c1-3-9-15-12(2)13-7-4-5-8-14(13)17-11-6-10-16/h4-5,7-8,12,15-16H,3,6,9-11H2,1-2H3. The molecule has 2 N–H and O–H groups in total. The monoisotopic (exact) mass is 253 g/mol. The molecule has 0 aromatic heterocycles. The second kappa shape index (κ2) is 8.56. The molecule has 0 spiro atoms. The fraction of sp³-hybridized carbons (Fsp3) is 0.571. The Balaban J connectivity index is 2.62. The molecule has 0 aliphatic heterocycles. The van der Waals surface area contributed by atoms with Gasteiger partial charge in [-0.15, -0.1) is 11.8 Å². The van der Waals surface area contributed by atoms with Gasteiger partial charge in [0.2, 0.25) is 0 Å². The van der Waals surface area contributed by atoms with E-state index in [-0.39, 0.29) is 6.61 Å². The summed E-state index contributed by atoms with van der Waals surface area (Å²) in [4.78, 5) is 1.33. The van der Waals surface area contributed by atoms with E-state index < -0.39 is 0 Å². The Morgan fingerprint density at radius 3 is 2.82 bits per heavy atom. The quantitative estimate of drug-likeness (QED) is 0.551. The maximum atomic E-state index is 8.81. The van der Waals surface area contributed by atoms with Crippen molar-refractivity contribution in [3.05, 3.63) is 29.8 Å². The Bertz CT molecular complexity index is 317. The molecule has 0 fully saturated rings. The molecular weight excluding hydrogens is 230 g/mol. The van der Waals surface area contributed by atoms with Gasteiger partial charge in [-0.25, -0.2) is 0 Å². The highest BCUT2D eigenvalue weighted by Crippen LogP contribution is 2.27. The highest BCUT2D eigenvalue weighted by Gasteiger charge is 2.09. The van der Waals surface area contributed by atoms with E-state index in [4.69, 9.17) is 5.11 Å². The van der Waals surface area contributed by atoms with Gasteiger partial charge in [0.05, 0.1) is 0 Å². The van der Waals surface area contributed by atoms with Gasteiger partial charge in [-0.1, -0.05) is 25.1 Å². The molecule has 1 atom stereocenters. The highest BCUT2D eigenvalue weighted by atomic mass is 32.2. The SMILES string of the molecule is CCCNC(C)c1ccccc1SCCCO. The lowest BCUT2D eigenvalue weighted by Crippen LogP contribution is -2.19. The Kier molecular flexibility index (Phi) is 7.33. The van der Waals surface area contributed by atoms with Gasteiger partial charge in [0.1, 0.15) is 0 Å². The van der Waals surface area contributed by atoms with E-state index in [1.165, 1.54) is 10.5 Å². The van der Waals surface area contributed by atoms with Crippen LogP contribution < -0.4 is 5.32 Å². The van der Waals surface area contributed by atoms with Crippen LogP contribution in [-0.4, -0.2) is 24.0 Å². The third kappa shape index (κ3) is 5.11. The van der Waals surface area contributed by atoms with Crippen LogP contribution in [-0.2, 0) is 0 Å². The van der Waals surface area contributed by atoms with Gasteiger partial charge >= 0.3 is 0 Å². The van der Waals surface area contributed by atoms with Gasteiger partial charge in [0.15, 0.2) is 0 Å². The van der Waals surface area contributed by atoms with Gasteiger partial charge < -0.3 is 10.4 Å². The number of hydrogen-bond acceptors (Lipinski definition) is 3. The molecule has 0 radical (unpaired) electrons. The third-order valence-electron chi connectivity index (χ3n) is 2.65. The number of nitrogens with one attached hydrogen (secondary N) is 1. The molecule has 0 amide bonds. The van der Waals surface area contributed by atoms with Gasteiger partial charge in [-0.3, -0.25) is 0 Å². The summed E-state index contributed by atoms with van der Waals surface area (Å²) in [6.45, 7) is 5.72. The normalized spacial score (nSPS) is 12.6. The summed E-state index contributed by atoms with van der Waals surface area (Å²) in [7, 11) is 0. The zero-order valence-electron chi connectivity index (χ0n) is 10.8. The lowest BCUT2D eigenvalue weighted by atomic mass is 10.1. The fourth-order valence-electron chi connectivity index (χ4n) is 1.69. The molecule has 3 heteroatoms. The van der Waals surface area contributed by atoms with E-state index in [1.54, 1.807) is 0 Å². The number of aliphatic hydroxyl groups excluding tert-OH is 1. The zero-order chi connectivity index (χ0) is 12.5. The molecular formula is C14H23NOS. The molecule has 1 aromatic carbocycles. The third-order valence-corrected chi connectivity index (χ3v) is 3.82. The summed E-state index contributed by atoms with van der Waals surface area (Å²) < 4.78 is 0. The van der Waals surface area contributed by atoms with Crippen LogP contribution in [0.15, 0.2) is 29.2 Å². The van der Waals surface area contributed by atoms with E-state index in [0.717, 1.165) is 25.1 Å². The number of aliphatic hydroxyl groups is 1. The molecule has 0 bridgehead atoms. The molecule has 1 aromatic rings. The van der Waals surface area contributed by atoms with E-state index in [0.29, 0.717) is 6.04 Å². The van der Waals surface area contributed by atoms with E-state index in [2.05, 4.69) is 43.4 Å². The lowest BCUT2D eigenvalue weighted by molar-refractivity contribution is 0.296. The number of thioether (sulfide) groups is 1. The maximum absolute atomic E-state index is 8.81. The van der Waals surface area contributed by atoms with Crippen LogP contribution in [0, 0.1) is 0 Å². The average molecular weight is 253 g/mol. The van der Waals surface area contributed by atoms with Gasteiger partial charge in [-0.2, -0.15) is 0 Å². The second-order valence-electron chi connectivity index (χ2n) is 4.14. The summed E-state index contributed by atoms with van der Waals surface area (Å²) in [6, 6.07) is 8.93. The van der Waals surface area contributed by atoms with Crippen LogP contribution in [0.4, 0.5) is 0 Å². The minimum absolute atomic E-state index is 0.277. The Hall–Kier alpha value is -0.510. The minimum atomic E-state index is 0.277. The molecule has 0 heterocycles. The van der Waals surface area contributed by atoms with Crippen LogP contribution in [0.3, 0.4) is 0 Å². The van der Waals surface area contributed by atoms with Crippen molar-refractivity contribution < 1.29 is 5.11 Å². The van der Waals surface area contributed by atoms with Crippen molar-refractivity contribution in [3.8, 4) is 0 Å². The molecule has 1 rings (SSSR count). The van der Waals surface area contributed by atoms with Crippen molar-refractivity contribution in [1.82, 2.24) is 5.32 Å².